The maximum atomic E-state index is 11.4. The molecule has 2 aromatic heterocycles. The van der Waals surface area contributed by atoms with Gasteiger partial charge in [-0.15, -0.1) is 12.4 Å². The number of ether oxygens (including phenoxy) is 1. The summed E-state index contributed by atoms with van der Waals surface area (Å²) in [7, 11) is 0. The Morgan fingerprint density at radius 2 is 2.12 bits per heavy atom. The summed E-state index contributed by atoms with van der Waals surface area (Å²) in [5.41, 5.74) is 3.18. The monoisotopic (exact) mass is 367 g/mol. The molecule has 1 aromatic carbocycles. The molecule has 0 atom stereocenters. The van der Waals surface area contributed by atoms with Crippen LogP contribution in [0, 0.1) is 0 Å². The molecular weight excluding hydrogens is 346 g/mol. The third kappa shape index (κ3) is 3.65. The number of esters is 1. The first-order chi connectivity index (χ1) is 10.9. The molecule has 0 fully saturated rings. The van der Waals surface area contributed by atoms with E-state index in [9.17, 15) is 4.79 Å². The fraction of sp³-hybridized carbons (Fsp3) is 0.412. The van der Waals surface area contributed by atoms with Crippen LogP contribution in [0.25, 0.3) is 15.2 Å². The van der Waals surface area contributed by atoms with E-state index in [2.05, 4.69) is 42.8 Å². The molecule has 130 valence electrons. The quantitative estimate of drug-likeness (QED) is 0.700. The Morgan fingerprint density at radius 1 is 1.38 bits per heavy atom. The van der Waals surface area contributed by atoms with Crippen LogP contribution >= 0.6 is 23.7 Å². The van der Waals surface area contributed by atoms with Gasteiger partial charge in [0, 0.05) is 17.3 Å². The number of imidazole rings is 1. The number of halogens is 1. The first-order valence-corrected chi connectivity index (χ1v) is 8.52. The van der Waals surface area contributed by atoms with E-state index in [4.69, 9.17) is 9.72 Å². The number of benzene rings is 1. The second-order valence-corrected chi connectivity index (χ2v) is 7.48. The SMILES string of the molecule is CCOC(=O)CNc1ccc2c(c1)sc1nc(C(C)(C)C)cn12.Cl. The Labute approximate surface area is 151 Å². The van der Waals surface area contributed by atoms with E-state index in [1.165, 1.54) is 0 Å². The summed E-state index contributed by atoms with van der Waals surface area (Å²) in [5.74, 6) is -0.247. The largest absolute Gasteiger partial charge is 0.465 e. The van der Waals surface area contributed by atoms with Gasteiger partial charge in [-0.2, -0.15) is 0 Å². The van der Waals surface area contributed by atoms with Crippen molar-refractivity contribution in [1.29, 1.82) is 0 Å². The zero-order chi connectivity index (χ0) is 16.6. The van der Waals surface area contributed by atoms with Crippen LogP contribution in [-0.2, 0) is 14.9 Å². The molecule has 0 aliphatic heterocycles. The molecular formula is C17H22ClN3O2S. The Kier molecular flexibility index (Phi) is 5.40. The fourth-order valence-corrected chi connectivity index (χ4v) is 3.41. The molecule has 24 heavy (non-hydrogen) atoms. The predicted octanol–water partition coefficient (Wildman–Crippen LogP) is 4.24. The number of thiazole rings is 1. The highest BCUT2D eigenvalue weighted by molar-refractivity contribution is 7.23. The second kappa shape index (κ2) is 6.99. The summed E-state index contributed by atoms with van der Waals surface area (Å²) < 4.78 is 8.19. The smallest absolute Gasteiger partial charge is 0.325 e. The zero-order valence-corrected chi connectivity index (χ0v) is 15.9. The van der Waals surface area contributed by atoms with Crippen molar-refractivity contribution in [3.05, 3.63) is 30.1 Å². The van der Waals surface area contributed by atoms with Gasteiger partial charge in [0.15, 0.2) is 4.96 Å². The predicted molar refractivity (Wildman–Crippen MR) is 102 cm³/mol. The number of carbonyl (C=O) groups excluding carboxylic acids is 1. The number of nitrogens with zero attached hydrogens (tertiary/aromatic N) is 2. The van der Waals surface area contributed by atoms with Crippen molar-refractivity contribution in [2.75, 3.05) is 18.5 Å². The molecule has 0 radical (unpaired) electrons. The van der Waals surface area contributed by atoms with Crippen LogP contribution in [0.1, 0.15) is 33.4 Å². The lowest BCUT2D eigenvalue weighted by Crippen LogP contribution is -2.16. The molecule has 0 saturated carbocycles. The zero-order valence-electron chi connectivity index (χ0n) is 14.3. The van der Waals surface area contributed by atoms with Crippen LogP contribution in [0.2, 0.25) is 0 Å². The van der Waals surface area contributed by atoms with Gasteiger partial charge in [-0.25, -0.2) is 4.98 Å². The molecule has 5 nitrogen and oxygen atoms in total. The number of carbonyl (C=O) groups is 1. The minimum atomic E-state index is -0.247. The van der Waals surface area contributed by atoms with Gasteiger partial charge in [-0.05, 0) is 25.1 Å². The third-order valence-corrected chi connectivity index (χ3v) is 4.62. The standard InChI is InChI=1S/C17H21N3O2S.ClH/c1-5-22-15(21)9-18-11-6-7-12-13(8-11)23-16-19-14(10-20(12)16)17(2,3)4;/h6-8,10,18H,5,9H2,1-4H3;1H. The highest BCUT2D eigenvalue weighted by Gasteiger charge is 2.19. The summed E-state index contributed by atoms with van der Waals surface area (Å²) >= 11 is 1.65. The van der Waals surface area contributed by atoms with E-state index < -0.39 is 0 Å². The van der Waals surface area contributed by atoms with E-state index >= 15 is 0 Å². The van der Waals surface area contributed by atoms with Crippen LogP contribution in [0.15, 0.2) is 24.4 Å². The summed E-state index contributed by atoms with van der Waals surface area (Å²) in [6, 6.07) is 6.08. The van der Waals surface area contributed by atoms with Crippen LogP contribution < -0.4 is 5.32 Å². The molecule has 0 amide bonds. The number of anilines is 1. The molecule has 7 heteroatoms. The normalized spacial score (nSPS) is 11.5. The molecule has 3 rings (SSSR count). The van der Waals surface area contributed by atoms with E-state index in [1.54, 1.807) is 18.3 Å². The van der Waals surface area contributed by atoms with Gasteiger partial charge in [0.25, 0.3) is 0 Å². The molecule has 1 N–H and O–H groups in total. The van der Waals surface area contributed by atoms with Crippen molar-refractivity contribution in [2.45, 2.75) is 33.1 Å². The molecule has 0 aliphatic carbocycles. The molecule has 0 bridgehead atoms. The molecule has 3 aromatic rings. The van der Waals surface area contributed by atoms with Crippen molar-refractivity contribution < 1.29 is 9.53 Å². The number of fused-ring (bicyclic) bond motifs is 3. The Hall–Kier alpha value is -1.79. The maximum absolute atomic E-state index is 11.4. The average Bonchev–Trinajstić information content (AvgIpc) is 3.02. The van der Waals surface area contributed by atoms with Crippen molar-refractivity contribution in [3.63, 3.8) is 0 Å². The lowest BCUT2D eigenvalue weighted by Gasteiger charge is -2.13. The highest BCUT2D eigenvalue weighted by atomic mass is 35.5. The van der Waals surface area contributed by atoms with Crippen LogP contribution in [0.5, 0.6) is 0 Å². The van der Waals surface area contributed by atoms with Gasteiger partial charge in [0.1, 0.15) is 6.54 Å². The lowest BCUT2D eigenvalue weighted by molar-refractivity contribution is -0.140. The molecule has 0 aliphatic rings. The minimum Gasteiger partial charge on any atom is -0.465 e. The average molecular weight is 368 g/mol. The highest BCUT2D eigenvalue weighted by Crippen LogP contribution is 2.31. The van der Waals surface area contributed by atoms with E-state index in [-0.39, 0.29) is 30.3 Å². The number of aromatic nitrogens is 2. The van der Waals surface area contributed by atoms with Gasteiger partial charge in [0.2, 0.25) is 0 Å². The topological polar surface area (TPSA) is 55.6 Å². The third-order valence-electron chi connectivity index (χ3n) is 3.60. The van der Waals surface area contributed by atoms with Crippen LogP contribution in [0.3, 0.4) is 0 Å². The first-order valence-electron chi connectivity index (χ1n) is 7.70. The summed E-state index contributed by atoms with van der Waals surface area (Å²) in [5, 5.41) is 3.10. The van der Waals surface area contributed by atoms with Crippen LogP contribution in [-0.4, -0.2) is 28.5 Å². The van der Waals surface area contributed by atoms with Crippen molar-refractivity contribution >= 4 is 50.6 Å². The van der Waals surface area contributed by atoms with Gasteiger partial charge in [-0.3, -0.25) is 9.20 Å². The Morgan fingerprint density at radius 3 is 2.79 bits per heavy atom. The maximum Gasteiger partial charge on any atom is 0.325 e. The number of nitrogens with one attached hydrogen (secondary N) is 1. The van der Waals surface area contributed by atoms with Gasteiger partial charge in [0.05, 0.1) is 22.5 Å². The van der Waals surface area contributed by atoms with Crippen LogP contribution in [0.4, 0.5) is 5.69 Å². The summed E-state index contributed by atoms with van der Waals surface area (Å²) in [6.07, 6.45) is 2.11. The Balaban J connectivity index is 0.00000208. The summed E-state index contributed by atoms with van der Waals surface area (Å²) in [4.78, 5) is 17.1. The molecule has 2 heterocycles. The number of rotatable bonds is 4. The van der Waals surface area contributed by atoms with E-state index in [0.29, 0.717) is 6.61 Å². The summed E-state index contributed by atoms with van der Waals surface area (Å²) in [6.45, 7) is 8.88. The fourth-order valence-electron chi connectivity index (χ4n) is 2.36. The van der Waals surface area contributed by atoms with Crippen molar-refractivity contribution in [3.8, 4) is 0 Å². The van der Waals surface area contributed by atoms with E-state index in [1.807, 2.05) is 12.1 Å². The molecule has 0 spiro atoms. The minimum absolute atomic E-state index is 0. The second-order valence-electron chi connectivity index (χ2n) is 6.47. The van der Waals surface area contributed by atoms with Gasteiger partial charge >= 0.3 is 5.97 Å². The van der Waals surface area contributed by atoms with E-state index in [0.717, 1.165) is 26.6 Å². The van der Waals surface area contributed by atoms with Gasteiger partial charge < -0.3 is 10.1 Å². The lowest BCUT2D eigenvalue weighted by atomic mass is 9.93. The van der Waals surface area contributed by atoms with Gasteiger partial charge in [-0.1, -0.05) is 32.1 Å². The molecule has 0 unspecified atom stereocenters. The van der Waals surface area contributed by atoms with Crippen molar-refractivity contribution in [2.24, 2.45) is 0 Å². The number of hydrogen-bond donors (Lipinski definition) is 1. The Bertz CT molecular complexity index is 864. The van der Waals surface area contributed by atoms with Crippen molar-refractivity contribution in [1.82, 2.24) is 9.38 Å². The molecule has 0 saturated heterocycles. The number of hydrogen-bond acceptors (Lipinski definition) is 5. The first kappa shape index (κ1) is 18.5.